The number of hydrogen-bond acceptors (Lipinski definition) is 7. The fourth-order valence-electron chi connectivity index (χ4n) is 3.51. The number of nitro groups is 1. The van der Waals surface area contributed by atoms with E-state index in [4.69, 9.17) is 14.9 Å². The van der Waals surface area contributed by atoms with Crippen LogP contribution in [0.2, 0.25) is 0 Å². The number of nitro benzene ring substituents is 1. The van der Waals surface area contributed by atoms with E-state index in [9.17, 15) is 10.1 Å². The van der Waals surface area contributed by atoms with E-state index in [2.05, 4.69) is 10.6 Å². The molecule has 3 aromatic rings. The van der Waals surface area contributed by atoms with Crippen molar-refractivity contribution < 1.29 is 14.8 Å². The zero-order valence-corrected chi connectivity index (χ0v) is 16.7. The maximum Gasteiger partial charge on any atom is 0.293 e. The number of nitrogens with zero attached hydrogens (tertiary/aromatic N) is 3. The average Bonchev–Trinajstić information content (AvgIpc) is 3.06. The van der Waals surface area contributed by atoms with Crippen LogP contribution in [0.15, 0.2) is 30.3 Å². The van der Waals surface area contributed by atoms with E-state index in [-0.39, 0.29) is 29.6 Å². The predicted molar refractivity (Wildman–Crippen MR) is 113 cm³/mol. The molecule has 1 aliphatic heterocycles. The topological polar surface area (TPSA) is 114 Å². The van der Waals surface area contributed by atoms with Gasteiger partial charge in [-0.1, -0.05) is 0 Å². The molecule has 0 amide bonds. The van der Waals surface area contributed by atoms with Gasteiger partial charge in [0.05, 0.1) is 35.6 Å². The van der Waals surface area contributed by atoms with Crippen LogP contribution < -0.4 is 15.4 Å². The Morgan fingerprint density at radius 1 is 1.31 bits per heavy atom. The Balaban J connectivity index is 0.00000240. The van der Waals surface area contributed by atoms with Gasteiger partial charge in [0.2, 0.25) is 0 Å². The second kappa shape index (κ2) is 8.64. The van der Waals surface area contributed by atoms with E-state index >= 15 is 0 Å². The molecule has 3 N–H and O–H groups in total. The first kappa shape index (κ1) is 20.8. The van der Waals surface area contributed by atoms with E-state index in [0.29, 0.717) is 37.6 Å². The van der Waals surface area contributed by atoms with E-state index in [1.807, 2.05) is 29.8 Å². The molecule has 0 saturated carbocycles. The van der Waals surface area contributed by atoms with Crippen molar-refractivity contribution in [3.05, 3.63) is 40.4 Å². The first-order valence-corrected chi connectivity index (χ1v) is 9.17. The number of hydrogen-bond donors (Lipinski definition) is 3. The highest BCUT2D eigenvalue weighted by Gasteiger charge is 2.29. The molecule has 0 bridgehead atoms. The summed E-state index contributed by atoms with van der Waals surface area (Å²) < 4.78 is 7.45. The molecule has 9 nitrogen and oxygen atoms in total. The lowest BCUT2D eigenvalue weighted by Gasteiger charge is -2.18. The van der Waals surface area contributed by atoms with Crippen LogP contribution in [0.25, 0.3) is 22.2 Å². The number of benzene rings is 2. The van der Waals surface area contributed by atoms with Crippen molar-refractivity contribution in [3.63, 3.8) is 0 Å². The molecule has 0 aliphatic carbocycles. The Morgan fingerprint density at radius 2 is 2.14 bits per heavy atom. The summed E-state index contributed by atoms with van der Waals surface area (Å²) in [5.41, 5.74) is 3.61. The summed E-state index contributed by atoms with van der Waals surface area (Å²) in [6.45, 7) is 4.25. The lowest BCUT2D eigenvalue weighted by Crippen LogP contribution is -2.23. The number of fused-ring (bicyclic) bond motifs is 2. The van der Waals surface area contributed by atoms with Crippen molar-refractivity contribution >= 4 is 40.4 Å². The molecule has 2 aromatic carbocycles. The number of nitrogens with one attached hydrogen (secondary N) is 2. The van der Waals surface area contributed by atoms with Crippen molar-refractivity contribution in [1.29, 1.82) is 0 Å². The average molecular weight is 420 g/mol. The minimum absolute atomic E-state index is 0. The summed E-state index contributed by atoms with van der Waals surface area (Å²) in [6.07, 6.45) is 0. The molecule has 2 heterocycles. The SMILES string of the molecule is CCOc1ccc2c(c1)-c1nn(CCNCCO)c3ccc([N+](=O)[O-])c(c13)N2.Cl. The molecule has 0 atom stereocenters. The molecular formula is C19H22ClN5O4. The summed E-state index contributed by atoms with van der Waals surface area (Å²) >= 11 is 0. The van der Waals surface area contributed by atoms with Gasteiger partial charge in [0, 0.05) is 30.4 Å². The maximum absolute atomic E-state index is 11.5. The number of rotatable bonds is 8. The number of aliphatic hydroxyl groups is 1. The Morgan fingerprint density at radius 3 is 2.86 bits per heavy atom. The molecule has 0 unspecified atom stereocenters. The number of aromatic nitrogens is 2. The van der Waals surface area contributed by atoms with Gasteiger partial charge in [0.25, 0.3) is 5.69 Å². The highest BCUT2D eigenvalue weighted by atomic mass is 35.5. The second-order valence-electron chi connectivity index (χ2n) is 6.42. The van der Waals surface area contributed by atoms with Gasteiger partial charge in [-0.3, -0.25) is 14.8 Å². The molecule has 10 heteroatoms. The summed E-state index contributed by atoms with van der Waals surface area (Å²) in [6, 6.07) is 8.84. The van der Waals surface area contributed by atoms with Gasteiger partial charge in [0.15, 0.2) is 0 Å². The van der Waals surface area contributed by atoms with Crippen molar-refractivity contribution in [2.24, 2.45) is 0 Å². The minimum atomic E-state index is -0.384. The van der Waals surface area contributed by atoms with Gasteiger partial charge in [-0.05, 0) is 31.2 Å². The number of aliphatic hydroxyl groups excluding tert-OH is 1. The molecule has 4 rings (SSSR count). The Kier molecular flexibility index (Phi) is 6.21. The molecule has 0 saturated heterocycles. The predicted octanol–water partition coefficient (Wildman–Crippen LogP) is 3.07. The van der Waals surface area contributed by atoms with E-state index < -0.39 is 0 Å². The molecular weight excluding hydrogens is 398 g/mol. The largest absolute Gasteiger partial charge is 0.494 e. The Hall–Kier alpha value is -2.88. The first-order valence-electron chi connectivity index (χ1n) is 9.17. The van der Waals surface area contributed by atoms with Crippen LogP contribution >= 0.6 is 12.4 Å². The van der Waals surface area contributed by atoms with Crippen molar-refractivity contribution in [2.75, 3.05) is 31.6 Å². The second-order valence-corrected chi connectivity index (χ2v) is 6.42. The molecule has 1 aliphatic rings. The van der Waals surface area contributed by atoms with E-state index in [0.717, 1.165) is 27.9 Å². The molecule has 0 fully saturated rings. The number of anilines is 2. The van der Waals surface area contributed by atoms with E-state index in [1.54, 1.807) is 6.07 Å². The smallest absolute Gasteiger partial charge is 0.293 e. The van der Waals surface area contributed by atoms with Crippen LogP contribution in [-0.2, 0) is 6.54 Å². The van der Waals surface area contributed by atoms with Gasteiger partial charge < -0.3 is 20.5 Å². The third-order valence-corrected chi connectivity index (χ3v) is 4.70. The Labute approximate surface area is 173 Å². The lowest BCUT2D eigenvalue weighted by molar-refractivity contribution is -0.383. The summed E-state index contributed by atoms with van der Waals surface area (Å²) in [4.78, 5) is 11.2. The number of ether oxygens (including phenoxy) is 1. The summed E-state index contributed by atoms with van der Waals surface area (Å²) in [7, 11) is 0. The number of halogens is 1. The molecule has 154 valence electrons. The molecule has 29 heavy (non-hydrogen) atoms. The third-order valence-electron chi connectivity index (χ3n) is 4.70. The van der Waals surface area contributed by atoms with Gasteiger partial charge in [-0.15, -0.1) is 12.4 Å². The summed E-state index contributed by atoms with van der Waals surface area (Å²) in [5.74, 6) is 0.726. The summed E-state index contributed by atoms with van der Waals surface area (Å²) in [5, 5.41) is 32.3. The van der Waals surface area contributed by atoms with Crippen LogP contribution in [0.3, 0.4) is 0 Å². The van der Waals surface area contributed by atoms with Crippen molar-refractivity contribution in [3.8, 4) is 17.0 Å². The van der Waals surface area contributed by atoms with Crippen LogP contribution in [0.5, 0.6) is 5.75 Å². The molecule has 1 aromatic heterocycles. The van der Waals surface area contributed by atoms with Crippen LogP contribution in [0, 0.1) is 10.1 Å². The third kappa shape index (κ3) is 3.71. The van der Waals surface area contributed by atoms with Crippen molar-refractivity contribution in [2.45, 2.75) is 13.5 Å². The zero-order valence-electron chi connectivity index (χ0n) is 15.8. The zero-order chi connectivity index (χ0) is 19.7. The first-order chi connectivity index (χ1) is 13.6. The maximum atomic E-state index is 11.5. The Bertz CT molecular complexity index is 1050. The molecule has 0 radical (unpaired) electrons. The molecule has 0 spiro atoms. The van der Waals surface area contributed by atoms with E-state index in [1.165, 1.54) is 6.07 Å². The van der Waals surface area contributed by atoms with Crippen LogP contribution in [0.4, 0.5) is 17.1 Å². The van der Waals surface area contributed by atoms with Crippen LogP contribution in [0.1, 0.15) is 6.92 Å². The quantitative estimate of drug-likeness (QED) is 0.228. The van der Waals surface area contributed by atoms with Gasteiger partial charge in [-0.2, -0.15) is 5.10 Å². The highest BCUT2D eigenvalue weighted by molar-refractivity contribution is 6.12. The minimum Gasteiger partial charge on any atom is -0.494 e. The standard InChI is InChI=1S/C19H21N5O4.ClH/c1-2-28-12-3-4-14-13(11-12)18-17-15(23(22-18)9-7-20-8-10-25)5-6-16(24(26)27)19(17)21-14;/h3-6,11,20-21,25H,2,7-10H2,1H3;1H. The fraction of sp³-hybridized carbons (Fsp3) is 0.316. The fourth-order valence-corrected chi connectivity index (χ4v) is 3.51. The highest BCUT2D eigenvalue weighted by Crippen LogP contribution is 2.47. The monoisotopic (exact) mass is 419 g/mol. The van der Waals surface area contributed by atoms with Crippen LogP contribution in [-0.4, -0.2) is 46.1 Å². The lowest BCUT2D eigenvalue weighted by atomic mass is 9.99. The van der Waals surface area contributed by atoms with Crippen molar-refractivity contribution in [1.82, 2.24) is 15.1 Å². The normalized spacial score (nSPS) is 11.5. The van der Waals surface area contributed by atoms with Gasteiger partial charge in [0.1, 0.15) is 17.1 Å². The van der Waals surface area contributed by atoms with Gasteiger partial charge >= 0.3 is 0 Å². The van der Waals surface area contributed by atoms with Gasteiger partial charge in [-0.25, -0.2) is 0 Å².